The Hall–Kier alpha value is -3.09. The average Bonchev–Trinajstić information content (AvgIpc) is 2.66. The molecule has 138 valence electrons. The zero-order valence-corrected chi connectivity index (χ0v) is 14.5. The van der Waals surface area contributed by atoms with Gasteiger partial charge in [-0.2, -0.15) is 0 Å². The van der Waals surface area contributed by atoms with Crippen molar-refractivity contribution >= 4 is 11.8 Å². The minimum Gasteiger partial charge on any atom is -0.489 e. The zero-order valence-electron chi connectivity index (χ0n) is 14.5. The number of ether oxygens (including phenoxy) is 2. The predicted molar refractivity (Wildman–Crippen MR) is 94.5 cm³/mol. The molecule has 7 heteroatoms. The summed E-state index contributed by atoms with van der Waals surface area (Å²) in [7, 11) is 1.58. The van der Waals surface area contributed by atoms with Crippen LogP contribution in [-0.2, 0) is 9.59 Å². The summed E-state index contributed by atoms with van der Waals surface area (Å²) in [5.41, 5.74) is 0. The number of benzene rings is 2. The third-order valence-electron chi connectivity index (χ3n) is 3.50. The standard InChI is InChI=1S/C19H21FN2O4/c1-22(11-12-25-17-10-6-5-9-16(17)20)19(24)13-21-18(23)14-26-15-7-3-2-4-8-15/h2-10H,11-14H2,1H3,(H,21,23). The summed E-state index contributed by atoms with van der Waals surface area (Å²) in [6, 6.07) is 15.0. The molecule has 0 unspecified atom stereocenters. The summed E-state index contributed by atoms with van der Waals surface area (Å²) in [6.07, 6.45) is 0. The molecule has 0 aliphatic rings. The van der Waals surface area contributed by atoms with Crippen molar-refractivity contribution in [1.29, 1.82) is 0 Å². The maximum absolute atomic E-state index is 13.4. The molecule has 0 saturated heterocycles. The third kappa shape index (κ3) is 6.43. The Balaban J connectivity index is 1.63. The maximum atomic E-state index is 13.4. The van der Waals surface area contributed by atoms with Gasteiger partial charge in [-0.25, -0.2) is 4.39 Å². The largest absolute Gasteiger partial charge is 0.489 e. The second kappa shape index (κ2) is 10.0. The van der Waals surface area contributed by atoms with Crippen LogP contribution in [0.2, 0.25) is 0 Å². The first-order valence-corrected chi connectivity index (χ1v) is 8.12. The molecule has 6 nitrogen and oxygen atoms in total. The lowest BCUT2D eigenvalue weighted by Crippen LogP contribution is -2.41. The van der Waals surface area contributed by atoms with Crippen LogP contribution < -0.4 is 14.8 Å². The molecule has 2 aromatic carbocycles. The van der Waals surface area contributed by atoms with Gasteiger partial charge in [-0.1, -0.05) is 30.3 Å². The van der Waals surface area contributed by atoms with Gasteiger partial charge in [0.2, 0.25) is 5.91 Å². The molecule has 26 heavy (non-hydrogen) atoms. The predicted octanol–water partition coefficient (Wildman–Crippen LogP) is 1.86. The van der Waals surface area contributed by atoms with Crippen LogP contribution in [0.1, 0.15) is 0 Å². The van der Waals surface area contributed by atoms with Gasteiger partial charge in [0.05, 0.1) is 13.1 Å². The summed E-state index contributed by atoms with van der Waals surface area (Å²) in [4.78, 5) is 25.1. The second-order valence-electron chi connectivity index (χ2n) is 5.47. The van der Waals surface area contributed by atoms with Crippen molar-refractivity contribution in [3.8, 4) is 11.5 Å². The highest BCUT2D eigenvalue weighted by Gasteiger charge is 2.11. The normalized spacial score (nSPS) is 10.1. The Kier molecular flexibility index (Phi) is 7.42. The van der Waals surface area contributed by atoms with E-state index in [2.05, 4.69) is 5.32 Å². The van der Waals surface area contributed by atoms with Crippen LogP contribution in [0.25, 0.3) is 0 Å². The van der Waals surface area contributed by atoms with E-state index in [1.807, 2.05) is 6.07 Å². The van der Waals surface area contributed by atoms with E-state index in [1.165, 1.54) is 17.0 Å². The Bertz CT molecular complexity index is 724. The van der Waals surface area contributed by atoms with E-state index < -0.39 is 11.7 Å². The monoisotopic (exact) mass is 360 g/mol. The molecule has 0 bridgehead atoms. The van der Waals surface area contributed by atoms with Crippen LogP contribution in [0.15, 0.2) is 54.6 Å². The average molecular weight is 360 g/mol. The minimum absolute atomic E-state index is 0.139. The van der Waals surface area contributed by atoms with E-state index in [0.717, 1.165) is 0 Å². The van der Waals surface area contributed by atoms with E-state index in [9.17, 15) is 14.0 Å². The summed E-state index contributed by atoms with van der Waals surface area (Å²) in [5.74, 6) is -0.406. The summed E-state index contributed by atoms with van der Waals surface area (Å²) in [6.45, 7) is 0.0996. The van der Waals surface area contributed by atoms with Crippen molar-refractivity contribution in [1.82, 2.24) is 10.2 Å². The zero-order chi connectivity index (χ0) is 18.8. The topological polar surface area (TPSA) is 67.9 Å². The number of para-hydroxylation sites is 2. The van der Waals surface area contributed by atoms with Crippen molar-refractivity contribution in [3.05, 3.63) is 60.4 Å². The summed E-state index contributed by atoms with van der Waals surface area (Å²) < 4.78 is 24.0. The van der Waals surface area contributed by atoms with Crippen LogP contribution in [0.3, 0.4) is 0 Å². The third-order valence-corrected chi connectivity index (χ3v) is 3.50. The van der Waals surface area contributed by atoms with Crippen molar-refractivity contribution in [2.45, 2.75) is 0 Å². The van der Waals surface area contributed by atoms with Crippen molar-refractivity contribution < 1.29 is 23.5 Å². The molecule has 2 aromatic rings. The van der Waals surface area contributed by atoms with Crippen LogP contribution in [0.4, 0.5) is 4.39 Å². The fourth-order valence-electron chi connectivity index (χ4n) is 2.00. The van der Waals surface area contributed by atoms with Gasteiger partial charge < -0.3 is 19.7 Å². The molecular weight excluding hydrogens is 339 g/mol. The number of nitrogens with one attached hydrogen (secondary N) is 1. The highest BCUT2D eigenvalue weighted by Crippen LogP contribution is 2.14. The van der Waals surface area contributed by atoms with Gasteiger partial charge in [0, 0.05) is 7.05 Å². The first-order valence-electron chi connectivity index (χ1n) is 8.12. The minimum atomic E-state index is -0.452. The maximum Gasteiger partial charge on any atom is 0.258 e. The molecule has 2 rings (SSSR count). The van der Waals surface area contributed by atoms with Crippen LogP contribution in [0.5, 0.6) is 11.5 Å². The number of nitrogens with zero attached hydrogens (tertiary/aromatic N) is 1. The number of halogens is 1. The van der Waals surface area contributed by atoms with E-state index in [0.29, 0.717) is 5.75 Å². The lowest BCUT2D eigenvalue weighted by atomic mass is 10.3. The SMILES string of the molecule is CN(CCOc1ccccc1F)C(=O)CNC(=O)COc1ccccc1. The molecule has 1 N–H and O–H groups in total. The molecule has 2 amide bonds. The van der Waals surface area contributed by atoms with Crippen LogP contribution in [0, 0.1) is 5.82 Å². The Morgan fingerprint density at radius 3 is 2.46 bits per heavy atom. The molecule has 0 spiro atoms. The van der Waals surface area contributed by atoms with Crippen LogP contribution in [-0.4, -0.2) is 50.1 Å². The molecule has 0 aromatic heterocycles. The smallest absolute Gasteiger partial charge is 0.258 e. The first-order chi connectivity index (χ1) is 12.6. The molecule has 0 saturated carbocycles. The van der Waals surface area contributed by atoms with Crippen molar-refractivity contribution in [2.24, 2.45) is 0 Å². The molecular formula is C19H21FN2O4. The first kappa shape index (κ1) is 19.2. The molecule has 0 fully saturated rings. The van der Waals surface area contributed by atoms with E-state index in [1.54, 1.807) is 43.4 Å². The van der Waals surface area contributed by atoms with Gasteiger partial charge in [-0.15, -0.1) is 0 Å². The highest BCUT2D eigenvalue weighted by molar-refractivity contribution is 5.85. The molecule has 0 aliphatic heterocycles. The number of carbonyl (C=O) groups is 2. The van der Waals surface area contributed by atoms with Gasteiger partial charge >= 0.3 is 0 Å². The lowest BCUT2D eigenvalue weighted by Gasteiger charge is -2.18. The molecule has 0 aliphatic carbocycles. The molecule has 0 radical (unpaired) electrons. The van der Waals surface area contributed by atoms with Crippen molar-refractivity contribution in [3.63, 3.8) is 0 Å². The second-order valence-corrected chi connectivity index (χ2v) is 5.47. The fraction of sp³-hybridized carbons (Fsp3) is 0.263. The number of hydrogen-bond donors (Lipinski definition) is 1. The number of carbonyl (C=O) groups excluding carboxylic acids is 2. The Morgan fingerprint density at radius 2 is 1.73 bits per heavy atom. The van der Waals surface area contributed by atoms with Gasteiger partial charge in [0.1, 0.15) is 12.4 Å². The number of hydrogen-bond acceptors (Lipinski definition) is 4. The van der Waals surface area contributed by atoms with Crippen molar-refractivity contribution in [2.75, 3.05) is 33.4 Å². The summed E-state index contributed by atoms with van der Waals surface area (Å²) >= 11 is 0. The number of likely N-dealkylation sites (N-methyl/N-ethyl adjacent to an activating group) is 1. The van der Waals surface area contributed by atoms with E-state index >= 15 is 0 Å². The molecule has 0 atom stereocenters. The Labute approximate surface area is 151 Å². The van der Waals surface area contributed by atoms with Crippen LogP contribution >= 0.6 is 0 Å². The lowest BCUT2D eigenvalue weighted by molar-refractivity contribution is -0.132. The van der Waals surface area contributed by atoms with E-state index in [-0.39, 0.29) is 38.0 Å². The van der Waals surface area contributed by atoms with E-state index in [4.69, 9.17) is 9.47 Å². The van der Waals surface area contributed by atoms with Gasteiger partial charge in [0.25, 0.3) is 5.91 Å². The number of rotatable bonds is 9. The fourth-order valence-corrected chi connectivity index (χ4v) is 2.00. The quantitative estimate of drug-likeness (QED) is 0.741. The van der Waals surface area contributed by atoms with Gasteiger partial charge in [-0.3, -0.25) is 9.59 Å². The highest BCUT2D eigenvalue weighted by atomic mass is 19.1. The number of amides is 2. The van der Waals surface area contributed by atoms with Gasteiger partial charge in [0.15, 0.2) is 18.2 Å². The Morgan fingerprint density at radius 1 is 1.04 bits per heavy atom. The van der Waals surface area contributed by atoms with Gasteiger partial charge in [-0.05, 0) is 24.3 Å². The molecule has 0 heterocycles. The summed E-state index contributed by atoms with van der Waals surface area (Å²) in [5, 5.41) is 2.49.